The minimum Gasteiger partial charge on any atom is -0.398 e. The predicted molar refractivity (Wildman–Crippen MR) is 115 cm³/mol. The van der Waals surface area contributed by atoms with Gasteiger partial charge in [-0.3, -0.25) is 14.1 Å². The van der Waals surface area contributed by atoms with Gasteiger partial charge in [0.2, 0.25) is 5.91 Å². The van der Waals surface area contributed by atoms with Gasteiger partial charge >= 0.3 is 5.97 Å². The summed E-state index contributed by atoms with van der Waals surface area (Å²) < 4.78 is 41.2. The molecule has 0 fully saturated rings. The van der Waals surface area contributed by atoms with Gasteiger partial charge in [0.25, 0.3) is 10.1 Å². The number of benzene rings is 2. The molecule has 0 saturated carbocycles. The van der Waals surface area contributed by atoms with Gasteiger partial charge in [0.05, 0.1) is 29.1 Å². The van der Waals surface area contributed by atoms with Crippen molar-refractivity contribution in [3.63, 3.8) is 0 Å². The maximum atomic E-state index is 11.5. The van der Waals surface area contributed by atoms with E-state index in [0.717, 1.165) is 24.2 Å². The van der Waals surface area contributed by atoms with Crippen LogP contribution in [0.25, 0.3) is 0 Å². The molecule has 0 radical (unpaired) electrons. The van der Waals surface area contributed by atoms with Crippen LogP contribution in [0.5, 0.6) is 0 Å². The minimum absolute atomic E-state index is 0.0546. The molecule has 1 amide bonds. The number of nitrogens with one attached hydrogen (secondary N) is 1. The summed E-state index contributed by atoms with van der Waals surface area (Å²) in [4.78, 5) is 22.8. The van der Waals surface area contributed by atoms with Gasteiger partial charge in [-0.25, -0.2) is 5.26 Å². The molecule has 0 unspecified atom stereocenters. The summed E-state index contributed by atoms with van der Waals surface area (Å²) in [6.45, 7) is 1.24. The van der Waals surface area contributed by atoms with Crippen molar-refractivity contribution in [2.45, 2.75) is 16.7 Å². The van der Waals surface area contributed by atoms with Crippen molar-refractivity contribution in [3.05, 3.63) is 36.4 Å². The second-order valence-corrected chi connectivity index (χ2v) is 8.56. The van der Waals surface area contributed by atoms with E-state index in [1.165, 1.54) is 19.1 Å². The summed E-state index contributed by atoms with van der Waals surface area (Å²) in [5, 5.41) is 21.6. The van der Waals surface area contributed by atoms with Gasteiger partial charge in [0, 0.05) is 23.9 Å². The molecule has 0 aliphatic rings. The smallest absolute Gasteiger partial charge is 0.330 e. The number of nitrogens with zero attached hydrogens (tertiary/aromatic N) is 2. The first kappa shape index (κ1) is 25.5. The molecule has 16 heteroatoms. The number of carbonyl (C=O) groups excluding carboxylic acids is 2. The Kier molecular flexibility index (Phi) is 9.39. The number of nitrogen functional groups attached to an aromatic ring is 1. The molecule has 0 aromatic heterocycles. The second kappa shape index (κ2) is 11.8. The molecule has 0 aliphatic heterocycles. The lowest BCUT2D eigenvalue weighted by atomic mass is 10.2. The largest absolute Gasteiger partial charge is 0.398 e. The molecule has 0 saturated heterocycles. The first-order valence-corrected chi connectivity index (χ1v) is 11.4. The van der Waals surface area contributed by atoms with Gasteiger partial charge in [-0.1, -0.05) is 5.04 Å². The zero-order valence-electron chi connectivity index (χ0n) is 16.1. The van der Waals surface area contributed by atoms with E-state index in [9.17, 15) is 22.6 Å². The quantitative estimate of drug-likeness (QED) is 0.0699. The van der Waals surface area contributed by atoms with Crippen LogP contribution in [0.15, 0.2) is 56.4 Å². The van der Waals surface area contributed by atoms with Crippen LogP contribution < -0.4 is 11.1 Å². The highest BCUT2D eigenvalue weighted by atomic mass is 32.2. The van der Waals surface area contributed by atoms with E-state index in [2.05, 4.69) is 24.9 Å². The molecule has 0 atom stereocenters. The highest BCUT2D eigenvalue weighted by Gasteiger charge is 2.18. The van der Waals surface area contributed by atoms with Crippen molar-refractivity contribution >= 4 is 68.8 Å². The molecule has 2 rings (SSSR count). The zero-order valence-corrected chi connectivity index (χ0v) is 18.6. The van der Waals surface area contributed by atoms with Crippen molar-refractivity contribution in [1.82, 2.24) is 0 Å². The number of carbonyl (C=O) groups is 2. The van der Waals surface area contributed by atoms with Gasteiger partial charge < -0.3 is 15.2 Å². The molecular formula is C16H16N4O9S3. The maximum Gasteiger partial charge on any atom is 0.330 e. The SMILES string of the molecule is CC(=O)Nc1cc(N)c(S(=O)(=O)O)cc1N=Nc1ccc(SOC(=O)CSOOO)cc1. The Balaban J connectivity index is 2.15. The number of anilines is 2. The van der Waals surface area contributed by atoms with Gasteiger partial charge in [0.15, 0.2) is 0 Å². The maximum absolute atomic E-state index is 11.5. The van der Waals surface area contributed by atoms with E-state index in [1.54, 1.807) is 12.1 Å². The Morgan fingerprint density at radius 2 is 1.88 bits per heavy atom. The van der Waals surface area contributed by atoms with Crippen LogP contribution >= 0.6 is 24.1 Å². The fraction of sp³-hybridized carbons (Fsp3) is 0.125. The summed E-state index contributed by atoms with van der Waals surface area (Å²) in [5.41, 5.74) is 5.75. The van der Waals surface area contributed by atoms with Crippen LogP contribution in [0.4, 0.5) is 22.7 Å². The van der Waals surface area contributed by atoms with E-state index in [-0.39, 0.29) is 22.8 Å². The lowest BCUT2D eigenvalue weighted by Crippen LogP contribution is -2.08. The predicted octanol–water partition coefficient (Wildman–Crippen LogP) is 3.51. The molecule has 0 bridgehead atoms. The van der Waals surface area contributed by atoms with Gasteiger partial charge in [0.1, 0.15) is 16.3 Å². The van der Waals surface area contributed by atoms with Crippen molar-refractivity contribution < 1.29 is 41.4 Å². The minimum atomic E-state index is -4.62. The molecule has 172 valence electrons. The topological polar surface area (TPSA) is 199 Å². The third kappa shape index (κ3) is 8.08. The molecule has 5 N–H and O–H groups in total. The van der Waals surface area contributed by atoms with Crippen LogP contribution in [0.3, 0.4) is 0 Å². The first-order valence-electron chi connectivity index (χ1n) is 8.27. The molecule has 32 heavy (non-hydrogen) atoms. The van der Waals surface area contributed by atoms with Crippen LogP contribution in [0.1, 0.15) is 6.92 Å². The normalized spacial score (nSPS) is 11.5. The molecule has 2 aromatic carbocycles. The Labute approximate surface area is 190 Å². The van der Waals surface area contributed by atoms with Crippen molar-refractivity contribution in [1.29, 1.82) is 0 Å². The van der Waals surface area contributed by atoms with Crippen molar-refractivity contribution in [2.24, 2.45) is 10.2 Å². The Bertz CT molecular complexity index is 1110. The fourth-order valence-electron chi connectivity index (χ4n) is 2.07. The van der Waals surface area contributed by atoms with E-state index in [0.29, 0.717) is 22.6 Å². The number of amides is 1. The standard InChI is InChI=1S/C16H16N4O9S3/c1-9(21)18-13-6-12(17)15(32(24,25)26)7-14(13)20-19-10-2-4-11(5-3-10)31-27-16(22)8-30-29-28-23/h2-7,23H,8,17H2,1H3,(H,18,21)(H,24,25,26). The van der Waals surface area contributed by atoms with Crippen LogP contribution in [0, 0.1) is 0 Å². The van der Waals surface area contributed by atoms with Gasteiger partial charge in [-0.05, 0) is 36.4 Å². The number of hydrogen-bond acceptors (Lipinski definition) is 13. The molecule has 0 aliphatic carbocycles. The Morgan fingerprint density at radius 3 is 2.47 bits per heavy atom. The van der Waals surface area contributed by atoms with E-state index in [1.807, 2.05) is 0 Å². The molecular weight excluding hydrogens is 488 g/mol. The summed E-state index contributed by atoms with van der Waals surface area (Å²) >= 11 is 1.31. The second-order valence-electron chi connectivity index (χ2n) is 5.70. The number of nitrogens with two attached hydrogens (primary N) is 1. The summed E-state index contributed by atoms with van der Waals surface area (Å²) in [5.74, 6) is -1.31. The van der Waals surface area contributed by atoms with Crippen molar-refractivity contribution in [3.8, 4) is 0 Å². The van der Waals surface area contributed by atoms with Crippen LogP contribution in [0.2, 0.25) is 0 Å². The third-order valence-corrected chi connectivity index (χ3v) is 5.47. The fourth-order valence-corrected chi connectivity index (χ4v) is 3.51. The Morgan fingerprint density at radius 1 is 1.19 bits per heavy atom. The third-order valence-electron chi connectivity index (χ3n) is 3.31. The van der Waals surface area contributed by atoms with E-state index < -0.39 is 26.9 Å². The van der Waals surface area contributed by atoms with Gasteiger partial charge in [-0.15, -0.1) is 9.45 Å². The van der Waals surface area contributed by atoms with E-state index in [4.69, 9.17) is 15.2 Å². The molecule has 2 aromatic rings. The molecule has 0 spiro atoms. The van der Waals surface area contributed by atoms with Crippen molar-refractivity contribution in [2.75, 3.05) is 16.8 Å². The zero-order chi connectivity index (χ0) is 23.7. The average molecular weight is 505 g/mol. The number of hydrogen-bond donors (Lipinski definition) is 4. The average Bonchev–Trinajstić information content (AvgIpc) is 2.71. The summed E-state index contributed by atoms with van der Waals surface area (Å²) in [7, 11) is -4.62. The highest BCUT2D eigenvalue weighted by Crippen LogP contribution is 2.34. The molecule has 13 nitrogen and oxygen atoms in total. The lowest BCUT2D eigenvalue weighted by molar-refractivity contribution is -0.432. The number of azo groups is 1. The van der Waals surface area contributed by atoms with Crippen LogP contribution in [-0.2, 0) is 33.3 Å². The summed E-state index contributed by atoms with van der Waals surface area (Å²) in [6, 6.07) is 8.35. The monoisotopic (exact) mass is 504 g/mol. The molecule has 0 heterocycles. The Hall–Kier alpha value is -2.73. The highest BCUT2D eigenvalue weighted by molar-refractivity contribution is 7.96. The number of rotatable bonds is 10. The lowest BCUT2D eigenvalue weighted by Gasteiger charge is -2.10. The van der Waals surface area contributed by atoms with Gasteiger partial charge in [-0.2, -0.15) is 13.5 Å². The van der Waals surface area contributed by atoms with Crippen LogP contribution in [-0.4, -0.2) is 35.9 Å². The van der Waals surface area contributed by atoms with E-state index >= 15 is 0 Å². The summed E-state index contributed by atoms with van der Waals surface area (Å²) in [6.07, 6.45) is 0. The first-order chi connectivity index (χ1) is 15.1.